The molecule has 0 spiro atoms. The van der Waals surface area contributed by atoms with Gasteiger partial charge in [-0.3, -0.25) is 9.59 Å². The molecule has 0 radical (unpaired) electrons. The quantitative estimate of drug-likeness (QED) is 0.629. The van der Waals surface area contributed by atoms with Crippen LogP contribution in [0.2, 0.25) is 0 Å². The average Bonchev–Trinajstić information content (AvgIpc) is 2.16. The van der Waals surface area contributed by atoms with Gasteiger partial charge in [0.25, 0.3) is 0 Å². The molecule has 1 heterocycles. The van der Waals surface area contributed by atoms with Crippen LogP contribution in [0.25, 0.3) is 0 Å². The summed E-state index contributed by atoms with van der Waals surface area (Å²) in [6.07, 6.45) is 1.42. The number of hydrogen-bond acceptors (Lipinski definition) is 3. The summed E-state index contributed by atoms with van der Waals surface area (Å²) in [6.45, 7) is 1.36. The average molecular weight is 227 g/mol. The number of carbonyl (C=O) groups excluding carboxylic acids is 2. The zero-order chi connectivity index (χ0) is 11.3. The first kappa shape index (κ1) is 11.7. The zero-order valence-electron chi connectivity index (χ0n) is 8.29. The van der Waals surface area contributed by atoms with E-state index >= 15 is 0 Å². The molecule has 5 heteroatoms. The van der Waals surface area contributed by atoms with Crippen molar-refractivity contribution in [1.82, 2.24) is 4.98 Å². The van der Waals surface area contributed by atoms with Gasteiger partial charge in [-0.1, -0.05) is 0 Å². The maximum Gasteiger partial charge on any atom is 0.232 e. The number of amides is 1. The molecule has 0 aliphatic rings. The Morgan fingerprint density at radius 2 is 2.27 bits per heavy atom. The molecule has 1 rings (SSSR count). The molecule has 1 aromatic heterocycles. The van der Waals surface area contributed by atoms with Crippen LogP contribution in [0.3, 0.4) is 0 Å². The fourth-order valence-corrected chi connectivity index (χ4v) is 1.21. The van der Waals surface area contributed by atoms with Crippen molar-refractivity contribution in [3.63, 3.8) is 0 Å². The molecule has 0 atom stereocenters. The van der Waals surface area contributed by atoms with Gasteiger partial charge >= 0.3 is 0 Å². The maximum absolute atomic E-state index is 11.2. The minimum atomic E-state index is -0.360. The standard InChI is InChI=1S/C10H11ClN2O2/c1-7(14)4-10(15)13-9-5-8(6-11)2-3-12-9/h2-3,5H,4,6H2,1H3,(H,12,13,15). The van der Waals surface area contributed by atoms with Crippen molar-refractivity contribution in [3.8, 4) is 0 Å². The monoisotopic (exact) mass is 226 g/mol. The second kappa shape index (κ2) is 5.46. The van der Waals surface area contributed by atoms with E-state index in [1.165, 1.54) is 6.92 Å². The third-order valence-electron chi connectivity index (χ3n) is 1.66. The Balaban J connectivity index is 2.63. The van der Waals surface area contributed by atoms with Crippen molar-refractivity contribution in [2.75, 3.05) is 5.32 Å². The molecule has 0 unspecified atom stereocenters. The molecule has 0 saturated heterocycles. The van der Waals surface area contributed by atoms with Gasteiger partial charge in [-0.25, -0.2) is 4.98 Å². The molecular formula is C10H11ClN2O2. The molecule has 0 aliphatic carbocycles. The molecule has 0 saturated carbocycles. The largest absolute Gasteiger partial charge is 0.310 e. The van der Waals surface area contributed by atoms with Crippen LogP contribution in [0, 0.1) is 0 Å². The van der Waals surface area contributed by atoms with E-state index < -0.39 is 0 Å². The molecule has 0 aromatic carbocycles. The van der Waals surface area contributed by atoms with Crippen LogP contribution >= 0.6 is 11.6 Å². The first-order valence-corrected chi connectivity index (χ1v) is 4.95. The third-order valence-corrected chi connectivity index (χ3v) is 1.96. The summed E-state index contributed by atoms with van der Waals surface area (Å²) in [5, 5.41) is 2.52. The molecule has 1 aromatic rings. The lowest BCUT2D eigenvalue weighted by Gasteiger charge is -2.03. The number of rotatable bonds is 4. The highest BCUT2D eigenvalue weighted by Crippen LogP contribution is 2.09. The van der Waals surface area contributed by atoms with Gasteiger partial charge in [0, 0.05) is 12.1 Å². The van der Waals surface area contributed by atoms with Gasteiger partial charge < -0.3 is 5.32 Å². The number of anilines is 1. The lowest BCUT2D eigenvalue weighted by atomic mass is 10.3. The van der Waals surface area contributed by atoms with Crippen LogP contribution in [0.1, 0.15) is 18.9 Å². The SMILES string of the molecule is CC(=O)CC(=O)Nc1cc(CCl)ccn1. The second-order valence-corrected chi connectivity index (χ2v) is 3.38. The summed E-state index contributed by atoms with van der Waals surface area (Å²) in [5.41, 5.74) is 0.866. The van der Waals surface area contributed by atoms with Gasteiger partial charge in [-0.15, -0.1) is 11.6 Å². The molecule has 4 nitrogen and oxygen atoms in total. The van der Waals surface area contributed by atoms with Crippen molar-refractivity contribution >= 4 is 29.1 Å². The predicted molar refractivity (Wildman–Crippen MR) is 57.7 cm³/mol. The third kappa shape index (κ3) is 4.08. The minimum absolute atomic E-state index is 0.132. The number of nitrogens with one attached hydrogen (secondary N) is 1. The van der Waals surface area contributed by atoms with E-state index in [0.717, 1.165) is 5.56 Å². The lowest BCUT2D eigenvalue weighted by Crippen LogP contribution is -2.15. The van der Waals surface area contributed by atoms with Crippen molar-refractivity contribution in [2.24, 2.45) is 0 Å². The molecule has 1 N–H and O–H groups in total. The lowest BCUT2D eigenvalue weighted by molar-refractivity contribution is -0.124. The summed E-state index contributed by atoms with van der Waals surface area (Å²) in [4.78, 5) is 25.8. The number of nitrogens with zero attached hydrogens (tertiary/aromatic N) is 1. The normalized spacial score (nSPS) is 9.73. The highest BCUT2D eigenvalue weighted by atomic mass is 35.5. The molecule has 1 amide bonds. The number of Topliss-reactive ketones (excluding diaryl/α,β-unsaturated/α-hetero) is 1. The number of pyridine rings is 1. The summed E-state index contributed by atoms with van der Waals surface area (Å²) >= 11 is 5.63. The zero-order valence-corrected chi connectivity index (χ0v) is 9.04. The fraction of sp³-hybridized carbons (Fsp3) is 0.300. The Morgan fingerprint density at radius 1 is 1.53 bits per heavy atom. The highest BCUT2D eigenvalue weighted by Gasteiger charge is 2.06. The molecule has 0 fully saturated rings. The van der Waals surface area contributed by atoms with Gasteiger partial charge in [0.05, 0.1) is 6.42 Å². The van der Waals surface area contributed by atoms with Gasteiger partial charge in [0.1, 0.15) is 11.6 Å². The van der Waals surface area contributed by atoms with Crippen LogP contribution in [-0.4, -0.2) is 16.7 Å². The van der Waals surface area contributed by atoms with E-state index in [9.17, 15) is 9.59 Å². The van der Waals surface area contributed by atoms with E-state index in [1.54, 1.807) is 18.3 Å². The predicted octanol–water partition coefficient (Wildman–Crippen LogP) is 1.74. The first-order chi connectivity index (χ1) is 7.11. The number of alkyl halides is 1. The van der Waals surface area contributed by atoms with Crippen LogP contribution in [-0.2, 0) is 15.5 Å². The molecule has 15 heavy (non-hydrogen) atoms. The summed E-state index contributed by atoms with van der Waals surface area (Å²) in [7, 11) is 0. The second-order valence-electron chi connectivity index (χ2n) is 3.11. The van der Waals surface area contributed by atoms with E-state index in [2.05, 4.69) is 10.3 Å². The fourth-order valence-electron chi connectivity index (χ4n) is 1.04. The van der Waals surface area contributed by atoms with Gasteiger partial charge in [-0.05, 0) is 24.6 Å². The van der Waals surface area contributed by atoms with E-state index in [0.29, 0.717) is 11.7 Å². The molecular weight excluding hydrogens is 216 g/mol. The Morgan fingerprint density at radius 3 is 2.87 bits per heavy atom. The topological polar surface area (TPSA) is 59.1 Å². The van der Waals surface area contributed by atoms with Crippen LogP contribution < -0.4 is 5.32 Å². The summed E-state index contributed by atoms with van der Waals surface area (Å²) in [6, 6.07) is 3.43. The molecule has 80 valence electrons. The highest BCUT2D eigenvalue weighted by molar-refractivity contribution is 6.17. The Bertz CT molecular complexity index is 379. The van der Waals surface area contributed by atoms with Crippen molar-refractivity contribution in [3.05, 3.63) is 23.9 Å². The summed E-state index contributed by atoms with van der Waals surface area (Å²) in [5.74, 6) is 0.236. The van der Waals surface area contributed by atoms with Gasteiger partial charge in [0.15, 0.2) is 0 Å². The summed E-state index contributed by atoms with van der Waals surface area (Å²) < 4.78 is 0. The van der Waals surface area contributed by atoms with E-state index in [-0.39, 0.29) is 18.1 Å². The van der Waals surface area contributed by atoms with Crippen molar-refractivity contribution < 1.29 is 9.59 Å². The first-order valence-electron chi connectivity index (χ1n) is 4.42. The number of halogens is 1. The number of ketones is 1. The van der Waals surface area contributed by atoms with E-state index in [4.69, 9.17) is 11.6 Å². The van der Waals surface area contributed by atoms with E-state index in [1.807, 2.05) is 0 Å². The van der Waals surface area contributed by atoms with Crippen LogP contribution in [0.5, 0.6) is 0 Å². The number of aromatic nitrogens is 1. The Hall–Kier alpha value is -1.42. The van der Waals surface area contributed by atoms with Crippen LogP contribution in [0.4, 0.5) is 5.82 Å². The van der Waals surface area contributed by atoms with Crippen molar-refractivity contribution in [1.29, 1.82) is 0 Å². The number of hydrogen-bond donors (Lipinski definition) is 1. The Kier molecular flexibility index (Phi) is 4.24. The van der Waals surface area contributed by atoms with Crippen LogP contribution in [0.15, 0.2) is 18.3 Å². The van der Waals surface area contributed by atoms with Gasteiger partial charge in [0.2, 0.25) is 5.91 Å². The van der Waals surface area contributed by atoms with Crippen molar-refractivity contribution in [2.45, 2.75) is 19.2 Å². The molecule has 0 bridgehead atoms. The number of carbonyl (C=O) groups is 2. The Labute approximate surface area is 92.7 Å². The minimum Gasteiger partial charge on any atom is -0.310 e. The maximum atomic E-state index is 11.2. The smallest absolute Gasteiger partial charge is 0.232 e. The molecule has 0 aliphatic heterocycles. The van der Waals surface area contributed by atoms with Gasteiger partial charge in [-0.2, -0.15) is 0 Å².